The highest BCUT2D eigenvalue weighted by molar-refractivity contribution is 6.28. The molecule has 1 fully saturated rings. The average molecular weight is 402 g/mol. The van der Waals surface area contributed by atoms with Gasteiger partial charge < -0.3 is 20.1 Å². The number of nitrogens with zero attached hydrogens (tertiary/aromatic N) is 2. The molecule has 1 aromatic rings. The van der Waals surface area contributed by atoms with E-state index in [1.165, 1.54) is 11.1 Å². The van der Waals surface area contributed by atoms with Gasteiger partial charge >= 0.3 is 11.9 Å². The van der Waals surface area contributed by atoms with Crippen LogP contribution in [0.15, 0.2) is 22.8 Å². The Kier molecular flexibility index (Phi) is 7.11. The number of nitrogens with one attached hydrogen (secondary N) is 2. The molecule has 3 rings (SSSR count). The lowest BCUT2D eigenvalue weighted by Crippen LogP contribution is -2.14. The molecule has 4 N–H and O–H groups in total. The third kappa shape index (κ3) is 6.15. The number of rotatable bonds is 6. The van der Waals surface area contributed by atoms with Crippen LogP contribution in [0, 0.1) is 19.8 Å². The van der Waals surface area contributed by atoms with Gasteiger partial charge in [0.1, 0.15) is 0 Å². The van der Waals surface area contributed by atoms with Gasteiger partial charge in [-0.05, 0) is 58.0 Å². The molecule has 156 valence electrons. The van der Waals surface area contributed by atoms with E-state index in [0.717, 1.165) is 42.1 Å². The maximum Gasteiger partial charge on any atom is 0.328 e. The smallest absolute Gasteiger partial charge is 0.328 e. The van der Waals surface area contributed by atoms with Crippen LogP contribution < -0.4 is 5.43 Å². The lowest BCUT2D eigenvalue weighted by Gasteiger charge is -2.10. The molecule has 0 saturated heterocycles. The second-order valence-corrected chi connectivity index (χ2v) is 7.29. The molecule has 0 atom stereocenters. The predicted octanol–water partition coefficient (Wildman–Crippen LogP) is 1.68. The summed E-state index contributed by atoms with van der Waals surface area (Å²) in [7, 11) is 4.12. The summed E-state index contributed by atoms with van der Waals surface area (Å²) in [5, 5.41) is 19.8. The quantitative estimate of drug-likeness (QED) is 0.535. The first-order valence-corrected chi connectivity index (χ1v) is 9.16. The van der Waals surface area contributed by atoms with Crippen molar-refractivity contribution < 1.29 is 24.6 Å². The zero-order chi connectivity index (χ0) is 21.7. The third-order valence-corrected chi connectivity index (χ3v) is 4.53. The number of aromatic nitrogens is 1. The summed E-state index contributed by atoms with van der Waals surface area (Å²) in [6.45, 7) is 5.08. The van der Waals surface area contributed by atoms with Crippen LogP contribution in [0.1, 0.15) is 35.4 Å². The highest BCUT2D eigenvalue weighted by Gasteiger charge is 2.36. The first-order chi connectivity index (χ1) is 13.6. The van der Waals surface area contributed by atoms with Crippen molar-refractivity contribution in [3.05, 3.63) is 40.2 Å². The van der Waals surface area contributed by atoms with Gasteiger partial charge in [-0.25, -0.2) is 15.0 Å². The van der Waals surface area contributed by atoms with Crippen LogP contribution in [-0.4, -0.2) is 57.7 Å². The molecule has 1 aliphatic heterocycles. The van der Waals surface area contributed by atoms with Crippen molar-refractivity contribution in [2.45, 2.75) is 33.2 Å². The number of aliphatic carboxylic acids is 2. The molecule has 0 bridgehead atoms. The van der Waals surface area contributed by atoms with E-state index >= 15 is 0 Å². The minimum absolute atomic E-state index is 0.0855. The molecule has 0 radical (unpaired) electrons. The number of hydrogen-bond donors (Lipinski definition) is 4. The Morgan fingerprint density at radius 3 is 2.24 bits per heavy atom. The average Bonchev–Trinajstić information content (AvgIpc) is 3.36. The van der Waals surface area contributed by atoms with E-state index < -0.39 is 11.9 Å². The van der Waals surface area contributed by atoms with Crippen molar-refractivity contribution in [1.82, 2.24) is 15.3 Å². The first kappa shape index (κ1) is 22.1. The number of hydrogen-bond acceptors (Lipinski definition) is 5. The maximum atomic E-state index is 12.0. The molecule has 29 heavy (non-hydrogen) atoms. The Balaban J connectivity index is 0.000000321. The Morgan fingerprint density at radius 1 is 1.17 bits per heavy atom. The summed E-state index contributed by atoms with van der Waals surface area (Å²) in [5.74, 6) is -2.13. The molecule has 2 aliphatic rings. The summed E-state index contributed by atoms with van der Waals surface area (Å²) in [4.78, 5) is 36.7. The number of carboxylic acids is 2. The second kappa shape index (κ2) is 9.33. The molecule has 1 saturated carbocycles. The normalized spacial score (nSPS) is 17.3. The van der Waals surface area contributed by atoms with Gasteiger partial charge in [0.15, 0.2) is 0 Å². The number of aryl methyl sites for hydroxylation is 1. The zero-order valence-corrected chi connectivity index (χ0v) is 16.9. The van der Waals surface area contributed by atoms with Crippen molar-refractivity contribution in [2.75, 3.05) is 14.1 Å². The van der Waals surface area contributed by atoms with Gasteiger partial charge in [-0.2, -0.15) is 5.10 Å². The number of H-pyrrole nitrogens is 1. The molecule has 0 spiro atoms. The van der Waals surface area contributed by atoms with E-state index in [1.807, 2.05) is 6.08 Å². The van der Waals surface area contributed by atoms with Gasteiger partial charge in [0.05, 0.1) is 11.3 Å². The van der Waals surface area contributed by atoms with Crippen molar-refractivity contribution in [3.8, 4) is 0 Å². The van der Waals surface area contributed by atoms with Crippen LogP contribution in [0.3, 0.4) is 0 Å². The van der Waals surface area contributed by atoms with Crippen molar-refractivity contribution in [1.29, 1.82) is 0 Å². The summed E-state index contributed by atoms with van der Waals surface area (Å²) in [6.07, 6.45) is 5.35. The summed E-state index contributed by atoms with van der Waals surface area (Å²) < 4.78 is 0. The first-order valence-electron chi connectivity index (χ1n) is 9.16. The lowest BCUT2D eigenvalue weighted by atomic mass is 10.0. The van der Waals surface area contributed by atoms with Crippen molar-refractivity contribution in [2.24, 2.45) is 11.0 Å². The van der Waals surface area contributed by atoms with Gasteiger partial charge in [-0.1, -0.05) is 0 Å². The standard InChI is InChI=1S/C16H22N4O.C4H4O4/c1-9-13(8-20(3)4)10(2)17-14(9)7-12-15(11-5-6-11)18-19-16(12)21;5-3(6)1-2-4(7)8/h7,11,17H,5-6,8H2,1-4H3,(H,19,21);1-2H,(H,5,6)(H,7,8)/b;2-1-. The number of hydrazone groups is 1. The fourth-order valence-electron chi connectivity index (χ4n) is 2.95. The number of carboxylic acid groups (broad SMARTS) is 2. The van der Waals surface area contributed by atoms with Gasteiger partial charge in [0.2, 0.25) is 0 Å². The number of amides is 1. The lowest BCUT2D eigenvalue weighted by molar-refractivity contribution is -0.134. The minimum Gasteiger partial charge on any atom is -0.478 e. The molecule has 1 amide bonds. The molecular formula is C20H26N4O5. The van der Waals surface area contributed by atoms with Crippen LogP contribution in [0.4, 0.5) is 0 Å². The Morgan fingerprint density at radius 2 is 1.76 bits per heavy atom. The van der Waals surface area contributed by atoms with E-state index in [4.69, 9.17) is 10.2 Å². The summed E-state index contributed by atoms with van der Waals surface area (Å²) in [6, 6.07) is 0. The molecule has 9 heteroatoms. The topological polar surface area (TPSA) is 135 Å². The number of carbonyl (C=O) groups is 3. The third-order valence-electron chi connectivity index (χ3n) is 4.53. The fourth-order valence-corrected chi connectivity index (χ4v) is 2.95. The van der Waals surface area contributed by atoms with Gasteiger partial charge in [0.25, 0.3) is 5.91 Å². The molecule has 1 aromatic heterocycles. The number of carbonyl (C=O) groups excluding carboxylic acids is 1. The van der Waals surface area contributed by atoms with Crippen LogP contribution in [0.2, 0.25) is 0 Å². The Bertz CT molecular complexity index is 888. The van der Waals surface area contributed by atoms with Gasteiger partial charge in [-0.15, -0.1) is 0 Å². The molecule has 0 aromatic carbocycles. The minimum atomic E-state index is -1.26. The molecule has 9 nitrogen and oxygen atoms in total. The Hall–Kier alpha value is -3.20. The van der Waals surface area contributed by atoms with Crippen LogP contribution >= 0.6 is 0 Å². The SMILES string of the molecule is Cc1[nH]c(C=C2C(=O)NN=C2C2CC2)c(C)c1CN(C)C.O=C(O)/C=C\C(=O)O. The monoisotopic (exact) mass is 402 g/mol. The molecule has 1 aliphatic carbocycles. The van der Waals surface area contributed by atoms with Crippen LogP contribution in [0.25, 0.3) is 6.08 Å². The predicted molar refractivity (Wildman–Crippen MR) is 108 cm³/mol. The van der Waals surface area contributed by atoms with Gasteiger partial charge in [0, 0.05) is 36.0 Å². The maximum absolute atomic E-state index is 12.0. The zero-order valence-electron chi connectivity index (χ0n) is 16.9. The summed E-state index contributed by atoms with van der Waals surface area (Å²) in [5.41, 5.74) is 8.94. The molecular weight excluding hydrogens is 376 g/mol. The van der Waals surface area contributed by atoms with E-state index in [0.29, 0.717) is 18.1 Å². The highest BCUT2D eigenvalue weighted by atomic mass is 16.4. The van der Waals surface area contributed by atoms with Crippen molar-refractivity contribution in [3.63, 3.8) is 0 Å². The second-order valence-electron chi connectivity index (χ2n) is 7.29. The van der Waals surface area contributed by atoms with Crippen molar-refractivity contribution >= 4 is 29.6 Å². The van der Waals surface area contributed by atoms with E-state index in [-0.39, 0.29) is 5.91 Å². The largest absolute Gasteiger partial charge is 0.478 e. The molecule has 2 heterocycles. The van der Waals surface area contributed by atoms with E-state index in [2.05, 4.69) is 48.4 Å². The van der Waals surface area contributed by atoms with E-state index in [1.54, 1.807) is 0 Å². The van der Waals surface area contributed by atoms with Crippen LogP contribution in [0.5, 0.6) is 0 Å². The highest BCUT2D eigenvalue weighted by Crippen LogP contribution is 2.35. The number of aromatic amines is 1. The van der Waals surface area contributed by atoms with E-state index in [9.17, 15) is 14.4 Å². The fraction of sp³-hybridized carbons (Fsp3) is 0.400. The Labute approximate surface area is 168 Å². The van der Waals surface area contributed by atoms with Gasteiger partial charge in [-0.3, -0.25) is 4.79 Å². The summed E-state index contributed by atoms with van der Waals surface area (Å²) >= 11 is 0. The molecule has 0 unspecified atom stereocenters. The van der Waals surface area contributed by atoms with Crippen LogP contribution in [-0.2, 0) is 20.9 Å².